The number of carbonyl (C=O) groups is 1. The molecule has 0 aliphatic rings. The van der Waals surface area contributed by atoms with E-state index in [0.717, 1.165) is 16.7 Å². The summed E-state index contributed by atoms with van der Waals surface area (Å²) in [5.41, 5.74) is 4.58. The van der Waals surface area contributed by atoms with Gasteiger partial charge in [-0.1, -0.05) is 54.1 Å². The molecule has 4 rings (SSSR count). The molecule has 3 aromatic carbocycles. The highest BCUT2D eigenvalue weighted by Gasteiger charge is 2.18. The number of carbonyl (C=O) groups excluding carboxylic acids is 1. The monoisotopic (exact) mass is 412 g/mol. The topological polar surface area (TPSA) is 62.6 Å². The first-order chi connectivity index (χ1) is 15.0. The number of nitrogens with one attached hydrogen (secondary N) is 1. The van der Waals surface area contributed by atoms with Crippen LogP contribution < -0.4 is 10.7 Å². The summed E-state index contributed by atoms with van der Waals surface area (Å²) in [4.78, 5) is 27.8. The van der Waals surface area contributed by atoms with E-state index in [-0.39, 0.29) is 18.0 Å². The van der Waals surface area contributed by atoms with Gasteiger partial charge in [0.25, 0.3) is 0 Å². The Kier molecular flexibility index (Phi) is 5.85. The third-order valence-corrected chi connectivity index (χ3v) is 5.13. The Morgan fingerprint density at radius 1 is 0.903 bits per heavy atom. The molecule has 0 aliphatic carbocycles. The summed E-state index contributed by atoms with van der Waals surface area (Å²) in [6.45, 7) is 4.41. The van der Waals surface area contributed by atoms with E-state index < -0.39 is 0 Å². The van der Waals surface area contributed by atoms with Gasteiger partial charge in [-0.3, -0.25) is 4.79 Å². The average molecular weight is 412 g/mol. The zero-order chi connectivity index (χ0) is 21.8. The van der Waals surface area contributed by atoms with Gasteiger partial charge < -0.3 is 14.6 Å². The Hall–Kier alpha value is -3.86. The minimum Gasteiger partial charge on any atom is -0.464 e. The summed E-state index contributed by atoms with van der Waals surface area (Å²) in [6, 6.07) is 22.6. The smallest absolute Gasteiger partial charge is 0.322 e. The number of urea groups is 1. The maximum atomic E-state index is 13.1. The predicted octanol–water partition coefficient (Wildman–Crippen LogP) is 5.64. The first-order valence-electron chi connectivity index (χ1n) is 10.2. The van der Waals surface area contributed by atoms with Gasteiger partial charge in [0.2, 0.25) is 0 Å². The van der Waals surface area contributed by atoms with Crippen molar-refractivity contribution in [3.8, 4) is 0 Å². The standard InChI is InChI=1S/C26H24N2O3/c1-18-7-6-10-22(13-18)27-26(30)28(15-20-8-4-3-5-9-20)16-21-17-31-24-12-11-19(2)14-23(24)25(21)29/h3-14,17H,15-16H2,1-2H3,(H,27,30). The van der Waals surface area contributed by atoms with Crippen LogP contribution in [0.5, 0.6) is 0 Å². The van der Waals surface area contributed by atoms with Gasteiger partial charge in [-0.15, -0.1) is 0 Å². The van der Waals surface area contributed by atoms with Crippen LogP contribution in [0.2, 0.25) is 0 Å². The molecule has 1 aromatic heterocycles. The molecule has 156 valence electrons. The van der Waals surface area contributed by atoms with Crippen LogP contribution in [0.15, 0.2) is 88.3 Å². The molecule has 0 atom stereocenters. The Labute approximate surface area is 180 Å². The number of aryl methyl sites for hydroxylation is 2. The summed E-state index contributed by atoms with van der Waals surface area (Å²) in [5.74, 6) is 0. The summed E-state index contributed by atoms with van der Waals surface area (Å²) in [7, 11) is 0. The van der Waals surface area contributed by atoms with Gasteiger partial charge in [0.1, 0.15) is 5.58 Å². The van der Waals surface area contributed by atoms with Crippen molar-refractivity contribution >= 4 is 22.7 Å². The number of rotatable bonds is 5. The van der Waals surface area contributed by atoms with Crippen LogP contribution in [0.25, 0.3) is 11.0 Å². The molecule has 0 spiro atoms. The van der Waals surface area contributed by atoms with Crippen LogP contribution in [0.1, 0.15) is 22.3 Å². The molecule has 0 radical (unpaired) electrons. The minimum atomic E-state index is -0.279. The lowest BCUT2D eigenvalue weighted by Crippen LogP contribution is -2.35. The Morgan fingerprint density at radius 3 is 2.45 bits per heavy atom. The number of anilines is 1. The fourth-order valence-electron chi connectivity index (χ4n) is 3.53. The molecular weight excluding hydrogens is 388 g/mol. The number of benzene rings is 3. The normalized spacial score (nSPS) is 10.8. The maximum absolute atomic E-state index is 13.1. The first-order valence-corrected chi connectivity index (χ1v) is 10.2. The van der Waals surface area contributed by atoms with Crippen molar-refractivity contribution in [3.05, 3.63) is 112 Å². The predicted molar refractivity (Wildman–Crippen MR) is 123 cm³/mol. The Balaban J connectivity index is 1.65. The van der Waals surface area contributed by atoms with Gasteiger partial charge in [0, 0.05) is 12.2 Å². The zero-order valence-electron chi connectivity index (χ0n) is 17.6. The Morgan fingerprint density at radius 2 is 1.68 bits per heavy atom. The van der Waals surface area contributed by atoms with E-state index >= 15 is 0 Å². The molecule has 0 fully saturated rings. The number of nitrogens with zero attached hydrogens (tertiary/aromatic N) is 1. The molecule has 0 aliphatic heterocycles. The van der Waals surface area contributed by atoms with E-state index in [9.17, 15) is 9.59 Å². The molecule has 0 saturated carbocycles. The highest BCUT2D eigenvalue weighted by Crippen LogP contribution is 2.17. The second-order valence-corrected chi connectivity index (χ2v) is 7.73. The number of hydrogen-bond acceptors (Lipinski definition) is 3. The molecule has 5 heteroatoms. The molecule has 5 nitrogen and oxygen atoms in total. The van der Waals surface area contributed by atoms with Gasteiger partial charge in [-0.2, -0.15) is 0 Å². The van der Waals surface area contributed by atoms with Crippen molar-refractivity contribution in [3.63, 3.8) is 0 Å². The highest BCUT2D eigenvalue weighted by atomic mass is 16.3. The molecule has 31 heavy (non-hydrogen) atoms. The van der Waals surface area contributed by atoms with Gasteiger partial charge in [-0.25, -0.2) is 4.79 Å². The van der Waals surface area contributed by atoms with E-state index in [2.05, 4.69) is 5.32 Å². The molecule has 0 saturated heterocycles. The zero-order valence-corrected chi connectivity index (χ0v) is 17.6. The van der Waals surface area contributed by atoms with E-state index in [4.69, 9.17) is 4.42 Å². The molecular formula is C26H24N2O3. The highest BCUT2D eigenvalue weighted by molar-refractivity contribution is 5.89. The second-order valence-electron chi connectivity index (χ2n) is 7.73. The maximum Gasteiger partial charge on any atom is 0.322 e. The number of fused-ring (bicyclic) bond motifs is 1. The molecule has 4 aromatic rings. The summed E-state index contributed by atoms with van der Waals surface area (Å²) < 4.78 is 5.69. The van der Waals surface area contributed by atoms with Crippen molar-refractivity contribution in [2.75, 3.05) is 5.32 Å². The van der Waals surface area contributed by atoms with Crippen molar-refractivity contribution in [1.82, 2.24) is 4.90 Å². The van der Waals surface area contributed by atoms with E-state index in [1.807, 2.05) is 80.6 Å². The molecule has 1 heterocycles. The Bertz CT molecular complexity index is 1280. The fourth-order valence-corrected chi connectivity index (χ4v) is 3.53. The lowest BCUT2D eigenvalue weighted by atomic mass is 10.1. The molecule has 2 amide bonds. The molecule has 0 unspecified atom stereocenters. The van der Waals surface area contributed by atoms with Crippen molar-refractivity contribution < 1.29 is 9.21 Å². The summed E-state index contributed by atoms with van der Waals surface area (Å²) >= 11 is 0. The second kappa shape index (κ2) is 8.88. The van der Waals surface area contributed by atoms with Crippen LogP contribution in [-0.2, 0) is 13.1 Å². The van der Waals surface area contributed by atoms with Crippen LogP contribution in [0.3, 0.4) is 0 Å². The lowest BCUT2D eigenvalue weighted by Gasteiger charge is -2.23. The average Bonchev–Trinajstić information content (AvgIpc) is 2.76. The van der Waals surface area contributed by atoms with Crippen LogP contribution >= 0.6 is 0 Å². The number of amides is 2. The summed E-state index contributed by atoms with van der Waals surface area (Å²) in [6.07, 6.45) is 1.46. The van der Waals surface area contributed by atoms with E-state index in [0.29, 0.717) is 28.8 Å². The van der Waals surface area contributed by atoms with E-state index in [1.54, 1.807) is 11.0 Å². The quantitative estimate of drug-likeness (QED) is 0.461. The van der Waals surface area contributed by atoms with Gasteiger partial charge in [0.05, 0.1) is 23.8 Å². The SMILES string of the molecule is Cc1cccc(NC(=O)N(Cc2ccccc2)Cc2coc3ccc(C)cc3c2=O)c1. The van der Waals surface area contributed by atoms with Gasteiger partial charge in [0.15, 0.2) is 5.43 Å². The van der Waals surface area contributed by atoms with Crippen molar-refractivity contribution in [2.24, 2.45) is 0 Å². The third kappa shape index (κ3) is 4.83. The van der Waals surface area contributed by atoms with Crippen molar-refractivity contribution in [1.29, 1.82) is 0 Å². The van der Waals surface area contributed by atoms with Crippen LogP contribution in [0.4, 0.5) is 10.5 Å². The third-order valence-electron chi connectivity index (χ3n) is 5.13. The van der Waals surface area contributed by atoms with Crippen molar-refractivity contribution in [2.45, 2.75) is 26.9 Å². The van der Waals surface area contributed by atoms with Gasteiger partial charge in [-0.05, 0) is 49.2 Å². The molecule has 1 N–H and O–H groups in total. The molecule has 0 bridgehead atoms. The largest absolute Gasteiger partial charge is 0.464 e. The van der Waals surface area contributed by atoms with E-state index in [1.165, 1.54) is 6.26 Å². The van der Waals surface area contributed by atoms with Crippen LogP contribution in [0, 0.1) is 13.8 Å². The number of hydrogen-bond donors (Lipinski definition) is 1. The lowest BCUT2D eigenvalue weighted by molar-refractivity contribution is 0.206. The van der Waals surface area contributed by atoms with Crippen LogP contribution in [-0.4, -0.2) is 10.9 Å². The fraction of sp³-hybridized carbons (Fsp3) is 0.154. The van der Waals surface area contributed by atoms with Gasteiger partial charge >= 0.3 is 6.03 Å². The minimum absolute atomic E-state index is 0.119. The first kappa shape index (κ1) is 20.4. The summed E-state index contributed by atoms with van der Waals surface area (Å²) in [5, 5.41) is 3.47.